The monoisotopic (exact) mass is 320 g/mol. The molecule has 22 heavy (non-hydrogen) atoms. The number of nitrogens with one attached hydrogen (secondary N) is 1. The highest BCUT2D eigenvalue weighted by Gasteiger charge is 2.35. The van der Waals surface area contributed by atoms with E-state index < -0.39 is 11.9 Å². The molecule has 1 heterocycles. The summed E-state index contributed by atoms with van der Waals surface area (Å²) in [6.45, 7) is 0. The van der Waals surface area contributed by atoms with E-state index in [0.717, 1.165) is 17.8 Å². The van der Waals surface area contributed by atoms with Gasteiger partial charge in [-0.25, -0.2) is 9.37 Å². The lowest BCUT2D eigenvalue weighted by Crippen LogP contribution is -2.30. The van der Waals surface area contributed by atoms with Crippen LogP contribution >= 0.6 is 11.3 Å². The van der Waals surface area contributed by atoms with Gasteiger partial charge >= 0.3 is 0 Å². The minimum Gasteiger partial charge on any atom is -0.388 e. The minimum absolute atomic E-state index is 0.0767. The molecule has 6 heteroatoms. The Balaban J connectivity index is 1.61. The first-order chi connectivity index (χ1) is 10.6. The Bertz CT molecular complexity index is 643. The molecule has 0 bridgehead atoms. The minimum atomic E-state index is -1.01. The van der Waals surface area contributed by atoms with E-state index in [1.165, 1.54) is 29.5 Å². The van der Waals surface area contributed by atoms with Crippen molar-refractivity contribution in [1.29, 1.82) is 0 Å². The number of aliphatic hydroxyl groups is 1. The molecule has 1 aromatic carbocycles. The number of thiazole rings is 1. The molecule has 2 atom stereocenters. The number of rotatable bonds is 6. The summed E-state index contributed by atoms with van der Waals surface area (Å²) >= 11 is 1.52. The second kappa shape index (κ2) is 6.54. The predicted octanol–water partition coefficient (Wildman–Crippen LogP) is 2.97. The maximum Gasteiger partial charge on any atom is 0.223 e. The van der Waals surface area contributed by atoms with Crippen molar-refractivity contribution in [3.8, 4) is 0 Å². The Morgan fingerprint density at radius 3 is 2.95 bits per heavy atom. The molecule has 1 fully saturated rings. The van der Waals surface area contributed by atoms with E-state index in [4.69, 9.17) is 0 Å². The number of aliphatic hydroxyl groups excluding tert-OH is 1. The number of hydrogen-bond donors (Lipinski definition) is 2. The summed E-state index contributed by atoms with van der Waals surface area (Å²) in [7, 11) is 0. The van der Waals surface area contributed by atoms with Crippen LogP contribution in [0.2, 0.25) is 0 Å². The fourth-order valence-corrected chi connectivity index (χ4v) is 3.22. The van der Waals surface area contributed by atoms with Crippen LogP contribution in [-0.2, 0) is 4.79 Å². The van der Waals surface area contributed by atoms with Crippen LogP contribution in [0.1, 0.15) is 42.0 Å². The second-order valence-corrected chi connectivity index (χ2v) is 6.45. The van der Waals surface area contributed by atoms with Crippen LogP contribution < -0.4 is 5.32 Å². The Kier molecular flexibility index (Phi) is 4.49. The number of hydrogen-bond acceptors (Lipinski definition) is 4. The van der Waals surface area contributed by atoms with Gasteiger partial charge in [-0.05, 0) is 36.5 Å². The lowest BCUT2D eigenvalue weighted by molar-refractivity contribution is -0.124. The van der Waals surface area contributed by atoms with E-state index in [-0.39, 0.29) is 18.4 Å². The Morgan fingerprint density at radius 1 is 1.50 bits per heavy atom. The summed E-state index contributed by atoms with van der Waals surface area (Å²) in [5, 5.41) is 15.8. The van der Waals surface area contributed by atoms with Crippen molar-refractivity contribution >= 4 is 17.2 Å². The summed E-state index contributed by atoms with van der Waals surface area (Å²) in [5.41, 5.74) is 0.410. The molecular formula is C16H17FN2O2S. The van der Waals surface area contributed by atoms with Crippen LogP contribution in [0.25, 0.3) is 0 Å². The molecule has 1 saturated carbocycles. The van der Waals surface area contributed by atoms with E-state index in [1.807, 2.05) is 5.38 Å². The molecule has 1 aliphatic carbocycles. The first-order valence-electron chi connectivity index (χ1n) is 7.26. The van der Waals surface area contributed by atoms with E-state index in [2.05, 4.69) is 10.3 Å². The number of nitrogens with zero attached hydrogens (tertiary/aromatic N) is 1. The van der Waals surface area contributed by atoms with Gasteiger partial charge in [-0.3, -0.25) is 4.79 Å². The van der Waals surface area contributed by atoms with Crippen molar-refractivity contribution in [1.82, 2.24) is 10.3 Å². The molecule has 1 amide bonds. The van der Waals surface area contributed by atoms with Crippen molar-refractivity contribution < 1.29 is 14.3 Å². The zero-order valence-corrected chi connectivity index (χ0v) is 12.7. The van der Waals surface area contributed by atoms with E-state index >= 15 is 0 Å². The van der Waals surface area contributed by atoms with Crippen molar-refractivity contribution in [2.45, 2.75) is 31.4 Å². The molecule has 1 aromatic heterocycles. The molecule has 3 rings (SSSR count). The SMILES string of the molecule is O=C(CC(O)c1cccc(F)c1)NC(c1nccs1)C1CC1. The molecule has 0 radical (unpaired) electrons. The van der Waals surface area contributed by atoms with Crippen molar-refractivity contribution in [2.24, 2.45) is 5.92 Å². The number of halogens is 1. The predicted molar refractivity (Wildman–Crippen MR) is 81.7 cm³/mol. The van der Waals surface area contributed by atoms with Crippen LogP contribution in [0.3, 0.4) is 0 Å². The van der Waals surface area contributed by atoms with Crippen molar-refractivity contribution in [3.05, 3.63) is 52.2 Å². The zero-order valence-electron chi connectivity index (χ0n) is 11.9. The van der Waals surface area contributed by atoms with Gasteiger partial charge in [0.2, 0.25) is 5.91 Å². The van der Waals surface area contributed by atoms with Crippen molar-refractivity contribution in [2.75, 3.05) is 0 Å². The molecule has 116 valence electrons. The van der Waals surface area contributed by atoms with Gasteiger partial charge in [0.05, 0.1) is 18.6 Å². The molecule has 4 nitrogen and oxygen atoms in total. The molecule has 2 unspecified atom stereocenters. The standard InChI is InChI=1S/C16H17FN2O2S/c17-12-3-1-2-11(8-12)13(20)9-14(21)19-15(10-4-5-10)16-18-6-7-22-16/h1-3,6-8,10,13,15,20H,4-5,9H2,(H,19,21). The molecule has 0 aliphatic heterocycles. The van der Waals surface area contributed by atoms with Crippen LogP contribution in [-0.4, -0.2) is 16.0 Å². The number of amides is 1. The van der Waals surface area contributed by atoms with Gasteiger partial charge < -0.3 is 10.4 Å². The third kappa shape index (κ3) is 3.69. The highest BCUT2D eigenvalue weighted by molar-refractivity contribution is 7.09. The summed E-state index contributed by atoms with van der Waals surface area (Å²) in [4.78, 5) is 16.4. The van der Waals surface area contributed by atoms with E-state index in [9.17, 15) is 14.3 Å². The average molecular weight is 320 g/mol. The van der Waals surface area contributed by atoms with Gasteiger partial charge in [-0.2, -0.15) is 0 Å². The highest BCUT2D eigenvalue weighted by Crippen LogP contribution is 2.41. The quantitative estimate of drug-likeness (QED) is 0.860. The Morgan fingerprint density at radius 2 is 2.32 bits per heavy atom. The average Bonchev–Trinajstić information content (AvgIpc) is 3.19. The van der Waals surface area contributed by atoms with Gasteiger partial charge in [-0.15, -0.1) is 11.3 Å². The van der Waals surface area contributed by atoms with Gasteiger partial charge in [0.1, 0.15) is 10.8 Å². The molecule has 0 saturated heterocycles. The number of aromatic nitrogens is 1. The highest BCUT2D eigenvalue weighted by atomic mass is 32.1. The third-order valence-corrected chi connectivity index (χ3v) is 4.60. The van der Waals surface area contributed by atoms with Crippen LogP contribution in [0.4, 0.5) is 4.39 Å². The van der Waals surface area contributed by atoms with Gasteiger partial charge in [-0.1, -0.05) is 12.1 Å². The maximum atomic E-state index is 13.2. The van der Waals surface area contributed by atoms with Crippen LogP contribution in [0.5, 0.6) is 0 Å². The van der Waals surface area contributed by atoms with Crippen molar-refractivity contribution in [3.63, 3.8) is 0 Å². The normalized spacial score (nSPS) is 17.0. The fraction of sp³-hybridized carbons (Fsp3) is 0.375. The Labute approximate surface area is 132 Å². The summed E-state index contributed by atoms with van der Waals surface area (Å²) in [5.74, 6) is -0.235. The van der Waals surface area contributed by atoms with Crippen LogP contribution in [0.15, 0.2) is 35.8 Å². The first-order valence-corrected chi connectivity index (χ1v) is 8.13. The zero-order chi connectivity index (χ0) is 15.5. The lowest BCUT2D eigenvalue weighted by Gasteiger charge is -2.17. The lowest BCUT2D eigenvalue weighted by atomic mass is 10.1. The number of carbonyl (C=O) groups is 1. The summed E-state index contributed by atoms with van der Waals surface area (Å²) < 4.78 is 13.2. The third-order valence-electron chi connectivity index (χ3n) is 3.74. The van der Waals surface area contributed by atoms with E-state index in [0.29, 0.717) is 11.5 Å². The van der Waals surface area contributed by atoms with Crippen LogP contribution in [0, 0.1) is 11.7 Å². The molecule has 2 aromatic rings. The molecular weight excluding hydrogens is 303 g/mol. The topological polar surface area (TPSA) is 62.2 Å². The van der Waals surface area contributed by atoms with Gasteiger partial charge in [0.15, 0.2) is 0 Å². The largest absolute Gasteiger partial charge is 0.388 e. The number of carbonyl (C=O) groups excluding carboxylic acids is 1. The fourth-order valence-electron chi connectivity index (χ4n) is 2.44. The maximum absolute atomic E-state index is 13.2. The second-order valence-electron chi connectivity index (χ2n) is 5.53. The molecule has 1 aliphatic rings. The first kappa shape index (κ1) is 15.1. The molecule has 2 N–H and O–H groups in total. The van der Waals surface area contributed by atoms with Gasteiger partial charge in [0, 0.05) is 11.6 Å². The van der Waals surface area contributed by atoms with Gasteiger partial charge in [0.25, 0.3) is 0 Å². The summed E-state index contributed by atoms with van der Waals surface area (Å²) in [6.07, 6.45) is 2.79. The number of benzene rings is 1. The Hall–Kier alpha value is -1.79. The van der Waals surface area contributed by atoms with E-state index in [1.54, 1.807) is 12.3 Å². The summed E-state index contributed by atoms with van der Waals surface area (Å²) in [6, 6.07) is 5.61. The molecule has 0 spiro atoms. The smallest absolute Gasteiger partial charge is 0.223 e.